The summed E-state index contributed by atoms with van der Waals surface area (Å²) in [4.78, 5) is 24.8. The van der Waals surface area contributed by atoms with Crippen LogP contribution in [0.1, 0.15) is 21.7 Å². The summed E-state index contributed by atoms with van der Waals surface area (Å²) in [6.07, 6.45) is -4.64. The molecule has 0 bridgehead atoms. The van der Waals surface area contributed by atoms with E-state index in [1.165, 1.54) is 37.3 Å². The Labute approximate surface area is 176 Å². The minimum absolute atomic E-state index is 0.143. The largest absolute Gasteiger partial charge is 0.418 e. The van der Waals surface area contributed by atoms with Crippen molar-refractivity contribution in [3.8, 4) is 5.69 Å². The average molecular weight is 487 g/mol. The number of aryl methyl sites for hydroxylation is 1. The molecule has 5 nitrogen and oxygen atoms in total. The molecule has 0 saturated carbocycles. The van der Waals surface area contributed by atoms with Gasteiger partial charge >= 0.3 is 6.18 Å². The van der Waals surface area contributed by atoms with Gasteiger partial charge in [-0.05, 0) is 37.3 Å². The molecule has 1 heterocycles. The molecule has 0 aliphatic carbocycles. The van der Waals surface area contributed by atoms with Crippen molar-refractivity contribution in [1.29, 1.82) is 0 Å². The summed E-state index contributed by atoms with van der Waals surface area (Å²) in [6.45, 7) is 1.43. The second kappa shape index (κ2) is 8.00. The van der Waals surface area contributed by atoms with Crippen molar-refractivity contribution in [2.45, 2.75) is 13.1 Å². The van der Waals surface area contributed by atoms with Gasteiger partial charge in [0.1, 0.15) is 0 Å². The Kier molecular flexibility index (Phi) is 5.81. The molecule has 0 radical (unpaired) electrons. The van der Waals surface area contributed by atoms with Crippen molar-refractivity contribution in [2.75, 3.05) is 5.32 Å². The normalized spacial score (nSPS) is 11.4. The summed E-state index contributed by atoms with van der Waals surface area (Å²) in [6, 6.07) is 10.5. The molecule has 0 aliphatic heterocycles. The number of carbonyl (C=O) groups is 1. The third-order valence-electron chi connectivity index (χ3n) is 3.94. The van der Waals surface area contributed by atoms with E-state index in [-0.39, 0.29) is 22.1 Å². The molecule has 10 heteroatoms. The minimum Gasteiger partial charge on any atom is -0.319 e. The van der Waals surface area contributed by atoms with Crippen LogP contribution in [0.25, 0.3) is 5.69 Å². The lowest BCUT2D eigenvalue weighted by Crippen LogP contribution is -2.27. The molecule has 0 fully saturated rings. The van der Waals surface area contributed by atoms with Crippen LogP contribution in [0.15, 0.2) is 57.8 Å². The maximum absolute atomic E-state index is 13.4. The first-order valence-electron chi connectivity index (χ1n) is 8.12. The second-order valence-electron chi connectivity index (χ2n) is 6.00. The van der Waals surface area contributed by atoms with E-state index in [9.17, 15) is 22.8 Å². The SMILES string of the molecule is Cc1cc(=O)c(C(=O)Nc2ccc(Br)cc2Cl)nn1-c1ccccc1C(F)(F)F. The fourth-order valence-corrected chi connectivity index (χ4v) is 3.34. The van der Waals surface area contributed by atoms with Gasteiger partial charge in [-0.2, -0.15) is 18.3 Å². The zero-order valence-corrected chi connectivity index (χ0v) is 17.1. The third kappa shape index (κ3) is 4.51. The van der Waals surface area contributed by atoms with Crippen molar-refractivity contribution < 1.29 is 18.0 Å². The monoisotopic (exact) mass is 485 g/mol. The van der Waals surface area contributed by atoms with Crippen molar-refractivity contribution >= 4 is 39.1 Å². The number of nitrogens with zero attached hydrogens (tertiary/aromatic N) is 2. The smallest absolute Gasteiger partial charge is 0.319 e. The van der Waals surface area contributed by atoms with Crippen molar-refractivity contribution in [1.82, 2.24) is 9.78 Å². The lowest BCUT2D eigenvalue weighted by molar-refractivity contribution is -0.137. The van der Waals surface area contributed by atoms with Gasteiger partial charge < -0.3 is 5.32 Å². The van der Waals surface area contributed by atoms with Gasteiger partial charge in [0.2, 0.25) is 5.43 Å². The van der Waals surface area contributed by atoms with Gasteiger partial charge in [0.25, 0.3) is 5.91 Å². The Morgan fingerprint density at radius 3 is 2.52 bits per heavy atom. The summed E-state index contributed by atoms with van der Waals surface area (Å²) in [7, 11) is 0. The summed E-state index contributed by atoms with van der Waals surface area (Å²) in [5.74, 6) is -0.891. The molecule has 150 valence electrons. The minimum atomic E-state index is -4.64. The number of anilines is 1. The molecule has 0 atom stereocenters. The molecule has 0 spiro atoms. The topological polar surface area (TPSA) is 64.0 Å². The summed E-state index contributed by atoms with van der Waals surface area (Å²) < 4.78 is 41.7. The predicted molar refractivity (Wildman–Crippen MR) is 107 cm³/mol. The van der Waals surface area contributed by atoms with E-state index >= 15 is 0 Å². The van der Waals surface area contributed by atoms with Gasteiger partial charge in [-0.1, -0.05) is 39.7 Å². The lowest BCUT2D eigenvalue weighted by atomic mass is 10.1. The maximum atomic E-state index is 13.4. The highest BCUT2D eigenvalue weighted by Crippen LogP contribution is 2.33. The quantitative estimate of drug-likeness (QED) is 0.552. The number of para-hydroxylation sites is 1. The number of nitrogens with one attached hydrogen (secondary N) is 1. The molecule has 3 rings (SSSR count). The zero-order valence-electron chi connectivity index (χ0n) is 14.7. The van der Waals surface area contributed by atoms with Crippen LogP contribution in [-0.2, 0) is 6.18 Å². The number of hydrogen-bond donors (Lipinski definition) is 1. The fourth-order valence-electron chi connectivity index (χ4n) is 2.62. The number of amides is 1. The summed E-state index contributed by atoms with van der Waals surface area (Å²) in [5.41, 5.74) is -2.16. The van der Waals surface area contributed by atoms with E-state index < -0.39 is 28.8 Å². The van der Waals surface area contributed by atoms with Crippen LogP contribution < -0.4 is 10.7 Å². The first-order valence-corrected chi connectivity index (χ1v) is 9.29. The number of aromatic nitrogens is 2. The summed E-state index contributed by atoms with van der Waals surface area (Å²) in [5, 5.41) is 6.56. The van der Waals surface area contributed by atoms with E-state index in [4.69, 9.17) is 11.6 Å². The molecule has 0 unspecified atom stereocenters. The van der Waals surface area contributed by atoms with Gasteiger partial charge in [0.05, 0.1) is 22.0 Å². The zero-order chi connectivity index (χ0) is 21.3. The average Bonchev–Trinajstić information content (AvgIpc) is 2.63. The predicted octanol–water partition coefficient (Wildman–Crippen LogP) is 5.23. The summed E-state index contributed by atoms with van der Waals surface area (Å²) >= 11 is 9.28. The molecular weight excluding hydrogens is 475 g/mol. The number of halogens is 5. The standard InChI is InChI=1S/C19H12BrClF3N3O2/c1-10-8-16(28)17(18(29)25-14-7-6-11(20)9-13(14)21)26-27(10)15-5-3-2-4-12(15)19(22,23)24/h2-9H,1H3,(H,25,29). The van der Waals surface area contributed by atoms with E-state index in [1.54, 1.807) is 6.07 Å². The number of alkyl halides is 3. The lowest BCUT2D eigenvalue weighted by Gasteiger charge is -2.16. The molecular formula is C19H12BrClF3N3O2. The van der Waals surface area contributed by atoms with Crippen molar-refractivity contribution in [2.24, 2.45) is 0 Å². The Morgan fingerprint density at radius 2 is 1.86 bits per heavy atom. The number of rotatable bonds is 3. The van der Waals surface area contributed by atoms with Crippen molar-refractivity contribution in [3.05, 3.63) is 85.2 Å². The molecule has 0 saturated heterocycles. The van der Waals surface area contributed by atoms with E-state index in [1.807, 2.05) is 0 Å². The van der Waals surface area contributed by atoms with Crippen LogP contribution in [0.3, 0.4) is 0 Å². The maximum Gasteiger partial charge on any atom is 0.418 e. The van der Waals surface area contributed by atoms with Gasteiger partial charge in [0, 0.05) is 16.2 Å². The number of carbonyl (C=O) groups excluding carboxylic acids is 1. The van der Waals surface area contributed by atoms with Gasteiger partial charge in [-0.25, -0.2) is 4.68 Å². The molecule has 1 aromatic heterocycles. The number of hydrogen-bond acceptors (Lipinski definition) is 3. The highest BCUT2D eigenvalue weighted by Gasteiger charge is 2.34. The van der Waals surface area contributed by atoms with E-state index in [2.05, 4.69) is 26.3 Å². The van der Waals surface area contributed by atoms with Crippen molar-refractivity contribution in [3.63, 3.8) is 0 Å². The van der Waals surface area contributed by atoms with E-state index in [0.29, 0.717) is 4.47 Å². The third-order valence-corrected chi connectivity index (χ3v) is 4.75. The van der Waals surface area contributed by atoms with Crippen LogP contribution in [0.4, 0.5) is 18.9 Å². The van der Waals surface area contributed by atoms with E-state index in [0.717, 1.165) is 16.8 Å². The Balaban J connectivity index is 2.08. The Bertz CT molecular complexity index is 1160. The highest BCUT2D eigenvalue weighted by molar-refractivity contribution is 9.10. The van der Waals surface area contributed by atoms with Crippen LogP contribution in [0, 0.1) is 6.92 Å². The van der Waals surface area contributed by atoms with Gasteiger partial charge in [0.15, 0.2) is 5.69 Å². The van der Waals surface area contributed by atoms with Crippen LogP contribution in [0.5, 0.6) is 0 Å². The molecule has 29 heavy (non-hydrogen) atoms. The molecule has 0 aliphatic rings. The molecule has 3 aromatic rings. The molecule has 1 amide bonds. The Hall–Kier alpha value is -2.65. The van der Waals surface area contributed by atoms with Crippen LogP contribution in [-0.4, -0.2) is 15.7 Å². The highest BCUT2D eigenvalue weighted by atomic mass is 79.9. The molecule has 1 N–H and O–H groups in total. The molecule has 2 aromatic carbocycles. The van der Waals surface area contributed by atoms with Gasteiger partial charge in [-0.3, -0.25) is 9.59 Å². The second-order valence-corrected chi connectivity index (χ2v) is 7.33. The number of benzene rings is 2. The Morgan fingerprint density at radius 1 is 1.17 bits per heavy atom. The first kappa shape index (κ1) is 21.1. The van der Waals surface area contributed by atoms with Gasteiger partial charge in [-0.15, -0.1) is 0 Å². The van der Waals surface area contributed by atoms with Crippen LogP contribution >= 0.6 is 27.5 Å². The fraction of sp³-hybridized carbons (Fsp3) is 0.105. The van der Waals surface area contributed by atoms with Crippen LogP contribution in [0.2, 0.25) is 5.02 Å². The first-order chi connectivity index (χ1) is 13.6.